The van der Waals surface area contributed by atoms with Crippen LogP contribution in [0.2, 0.25) is 0 Å². The van der Waals surface area contributed by atoms with Gasteiger partial charge in [-0.25, -0.2) is 4.98 Å². The van der Waals surface area contributed by atoms with E-state index < -0.39 is 11.7 Å². The lowest BCUT2D eigenvalue weighted by Gasteiger charge is -2.25. The van der Waals surface area contributed by atoms with Crippen LogP contribution in [0.1, 0.15) is 12.6 Å². The monoisotopic (exact) mass is 263 g/mol. The summed E-state index contributed by atoms with van der Waals surface area (Å²) in [6, 6.07) is 0. The van der Waals surface area contributed by atoms with Crippen molar-refractivity contribution in [2.75, 3.05) is 0 Å². The lowest BCUT2D eigenvalue weighted by molar-refractivity contribution is -0.185. The number of hydrogen-bond donors (Lipinski definition) is 2. The fourth-order valence-corrected chi connectivity index (χ4v) is 1.97. The van der Waals surface area contributed by atoms with Gasteiger partial charge in [0.1, 0.15) is 10.7 Å². The SMILES string of the molecule is CC(N)(c1csc(-c2cn[nH]n2)n1)C(F)(F)F. The van der Waals surface area contributed by atoms with Gasteiger partial charge in [0.25, 0.3) is 0 Å². The second-order valence-corrected chi connectivity index (χ2v) is 4.45. The summed E-state index contributed by atoms with van der Waals surface area (Å²) in [7, 11) is 0. The Morgan fingerprint density at radius 2 is 2.12 bits per heavy atom. The number of nitrogens with zero attached hydrogens (tertiary/aromatic N) is 3. The van der Waals surface area contributed by atoms with E-state index in [1.807, 2.05) is 0 Å². The molecule has 2 rings (SSSR count). The minimum absolute atomic E-state index is 0.229. The Hall–Kier alpha value is -1.48. The molecule has 0 spiro atoms. The first-order valence-corrected chi connectivity index (χ1v) is 5.38. The predicted octanol–water partition coefficient (Wildman–Crippen LogP) is 1.66. The van der Waals surface area contributed by atoms with Gasteiger partial charge in [-0.15, -0.1) is 11.3 Å². The molecule has 0 aliphatic heterocycles. The van der Waals surface area contributed by atoms with Crippen LogP contribution in [0.3, 0.4) is 0 Å². The zero-order chi connectivity index (χ0) is 12.7. The van der Waals surface area contributed by atoms with Crippen LogP contribution in [0.5, 0.6) is 0 Å². The van der Waals surface area contributed by atoms with Gasteiger partial charge < -0.3 is 5.73 Å². The highest BCUT2D eigenvalue weighted by molar-refractivity contribution is 7.13. The summed E-state index contributed by atoms with van der Waals surface area (Å²) in [5.74, 6) is 0. The van der Waals surface area contributed by atoms with Crippen molar-refractivity contribution < 1.29 is 13.2 Å². The maximum absolute atomic E-state index is 12.7. The molecule has 0 aromatic carbocycles. The Morgan fingerprint density at radius 1 is 1.41 bits per heavy atom. The van der Waals surface area contributed by atoms with Gasteiger partial charge in [-0.3, -0.25) is 0 Å². The Labute approximate surface area is 97.9 Å². The summed E-state index contributed by atoms with van der Waals surface area (Å²) in [5.41, 5.74) is 2.95. The Bertz CT molecular complexity index is 501. The molecule has 0 aliphatic rings. The number of aromatic amines is 1. The Morgan fingerprint density at radius 3 is 2.65 bits per heavy atom. The normalized spacial score (nSPS) is 15.8. The van der Waals surface area contributed by atoms with Crippen molar-refractivity contribution in [2.45, 2.75) is 18.6 Å². The van der Waals surface area contributed by atoms with Crippen molar-refractivity contribution in [3.05, 3.63) is 17.3 Å². The van der Waals surface area contributed by atoms with Gasteiger partial charge in [0.2, 0.25) is 0 Å². The predicted molar refractivity (Wildman–Crippen MR) is 55.1 cm³/mol. The van der Waals surface area contributed by atoms with Gasteiger partial charge in [0.05, 0.1) is 11.9 Å². The van der Waals surface area contributed by atoms with E-state index in [2.05, 4.69) is 20.4 Å². The van der Waals surface area contributed by atoms with Crippen LogP contribution in [0.15, 0.2) is 11.6 Å². The summed E-state index contributed by atoms with van der Waals surface area (Å²) in [6.45, 7) is 0.884. The van der Waals surface area contributed by atoms with Gasteiger partial charge >= 0.3 is 6.18 Å². The molecule has 0 aliphatic carbocycles. The summed E-state index contributed by atoms with van der Waals surface area (Å²) in [6.07, 6.45) is -3.17. The summed E-state index contributed by atoms with van der Waals surface area (Å²) < 4.78 is 38.0. The zero-order valence-electron chi connectivity index (χ0n) is 8.62. The number of rotatable bonds is 2. The summed E-state index contributed by atoms with van der Waals surface area (Å²) in [4.78, 5) is 3.84. The standard InChI is InChI=1S/C8H8F3N5S/c1-7(12,8(9,10)11)5-3-17-6(14-5)4-2-13-16-15-4/h2-3H,12H2,1H3,(H,13,15,16). The van der Waals surface area contributed by atoms with Gasteiger partial charge in [0, 0.05) is 5.38 Å². The van der Waals surface area contributed by atoms with E-state index in [9.17, 15) is 13.2 Å². The highest BCUT2D eigenvalue weighted by Gasteiger charge is 2.51. The molecular formula is C8H8F3N5S. The molecule has 0 saturated carbocycles. The average Bonchev–Trinajstić information content (AvgIpc) is 2.87. The molecule has 0 radical (unpaired) electrons. The molecule has 0 fully saturated rings. The van der Waals surface area contributed by atoms with E-state index in [-0.39, 0.29) is 5.69 Å². The molecular weight excluding hydrogens is 255 g/mol. The highest BCUT2D eigenvalue weighted by Crippen LogP contribution is 2.37. The molecule has 1 unspecified atom stereocenters. The van der Waals surface area contributed by atoms with Crippen molar-refractivity contribution in [1.82, 2.24) is 20.4 Å². The van der Waals surface area contributed by atoms with E-state index in [4.69, 9.17) is 5.73 Å². The Balaban J connectivity index is 2.37. The summed E-state index contributed by atoms with van der Waals surface area (Å²) >= 11 is 1.04. The van der Waals surface area contributed by atoms with Crippen LogP contribution in [-0.2, 0) is 5.54 Å². The van der Waals surface area contributed by atoms with Crippen molar-refractivity contribution in [3.8, 4) is 10.7 Å². The second kappa shape index (κ2) is 3.77. The fraction of sp³-hybridized carbons (Fsp3) is 0.375. The van der Waals surface area contributed by atoms with E-state index in [0.717, 1.165) is 18.3 Å². The third-order valence-corrected chi connectivity index (χ3v) is 3.12. The first-order chi connectivity index (χ1) is 7.82. The minimum Gasteiger partial charge on any atom is -0.313 e. The molecule has 5 nitrogen and oxygen atoms in total. The molecule has 2 heterocycles. The number of nitrogens with two attached hydrogens (primary N) is 1. The third kappa shape index (κ3) is 2.03. The largest absolute Gasteiger partial charge is 0.411 e. The van der Waals surface area contributed by atoms with E-state index in [0.29, 0.717) is 10.7 Å². The molecule has 1 atom stereocenters. The molecule has 3 N–H and O–H groups in total. The van der Waals surface area contributed by atoms with Crippen molar-refractivity contribution in [3.63, 3.8) is 0 Å². The number of aromatic nitrogens is 4. The molecule has 0 amide bonds. The zero-order valence-corrected chi connectivity index (χ0v) is 9.43. The summed E-state index contributed by atoms with van der Waals surface area (Å²) in [5, 5.41) is 11.3. The lowest BCUT2D eigenvalue weighted by Crippen LogP contribution is -2.47. The van der Waals surface area contributed by atoms with Crippen molar-refractivity contribution in [2.24, 2.45) is 5.73 Å². The van der Waals surface area contributed by atoms with Crippen LogP contribution in [-0.4, -0.2) is 26.6 Å². The van der Waals surface area contributed by atoms with Crippen molar-refractivity contribution >= 4 is 11.3 Å². The van der Waals surface area contributed by atoms with Crippen LogP contribution in [0.25, 0.3) is 10.7 Å². The van der Waals surface area contributed by atoms with Gasteiger partial charge in [-0.1, -0.05) is 0 Å². The third-order valence-electron chi connectivity index (χ3n) is 2.26. The van der Waals surface area contributed by atoms with Crippen LogP contribution in [0, 0.1) is 0 Å². The average molecular weight is 263 g/mol. The number of hydrogen-bond acceptors (Lipinski definition) is 5. The smallest absolute Gasteiger partial charge is 0.313 e. The molecule has 17 heavy (non-hydrogen) atoms. The van der Waals surface area contributed by atoms with Crippen LogP contribution in [0.4, 0.5) is 13.2 Å². The maximum Gasteiger partial charge on any atom is 0.411 e. The molecule has 92 valence electrons. The number of alkyl halides is 3. The number of nitrogens with one attached hydrogen (secondary N) is 1. The molecule has 9 heteroatoms. The van der Waals surface area contributed by atoms with Gasteiger partial charge in [-0.2, -0.15) is 28.6 Å². The fourth-order valence-electron chi connectivity index (χ4n) is 1.08. The first kappa shape index (κ1) is 12.0. The quantitative estimate of drug-likeness (QED) is 0.863. The Kier molecular flexibility index (Phi) is 2.66. The first-order valence-electron chi connectivity index (χ1n) is 4.50. The molecule has 2 aromatic rings. The van der Waals surface area contributed by atoms with E-state index in [1.54, 1.807) is 0 Å². The lowest BCUT2D eigenvalue weighted by atomic mass is 10.00. The van der Waals surface area contributed by atoms with E-state index in [1.165, 1.54) is 11.6 Å². The number of halogens is 3. The highest BCUT2D eigenvalue weighted by atomic mass is 32.1. The molecule has 0 saturated heterocycles. The van der Waals surface area contributed by atoms with Gasteiger partial charge in [-0.05, 0) is 6.92 Å². The number of thiazole rings is 1. The molecule has 2 aromatic heterocycles. The minimum atomic E-state index is -4.55. The van der Waals surface area contributed by atoms with Crippen LogP contribution < -0.4 is 5.73 Å². The second-order valence-electron chi connectivity index (χ2n) is 3.59. The van der Waals surface area contributed by atoms with Gasteiger partial charge in [0.15, 0.2) is 5.54 Å². The maximum atomic E-state index is 12.7. The topological polar surface area (TPSA) is 80.5 Å². The van der Waals surface area contributed by atoms with Crippen molar-refractivity contribution in [1.29, 1.82) is 0 Å². The van der Waals surface area contributed by atoms with E-state index >= 15 is 0 Å². The number of H-pyrrole nitrogens is 1. The molecule has 0 bridgehead atoms. The van der Waals surface area contributed by atoms with Crippen LogP contribution >= 0.6 is 11.3 Å².